The highest BCUT2D eigenvalue weighted by Crippen LogP contribution is 2.65. The highest BCUT2D eigenvalue weighted by Gasteiger charge is 2.67. The number of alkyl halides is 2. The number of amides is 2. The molecule has 1 aliphatic carbocycles. The van der Waals surface area contributed by atoms with Crippen LogP contribution in [0.2, 0.25) is 5.02 Å². The molecule has 0 bridgehead atoms. The van der Waals surface area contributed by atoms with E-state index in [1.165, 1.54) is 18.2 Å². The van der Waals surface area contributed by atoms with E-state index in [0.717, 1.165) is 5.56 Å². The van der Waals surface area contributed by atoms with Gasteiger partial charge in [0.1, 0.15) is 10.2 Å². The Morgan fingerprint density at radius 3 is 2.61 bits per heavy atom. The number of benzene rings is 2. The number of halogens is 4. The minimum Gasteiger partial charge on any atom is -0.352 e. The van der Waals surface area contributed by atoms with E-state index >= 15 is 0 Å². The van der Waals surface area contributed by atoms with E-state index in [1.54, 1.807) is 25.1 Å². The predicted octanol–water partition coefficient (Wildman–Crippen LogP) is 5.03. The zero-order valence-corrected chi connectivity index (χ0v) is 17.2. The van der Waals surface area contributed by atoms with Crippen molar-refractivity contribution in [2.75, 3.05) is 5.32 Å². The first-order chi connectivity index (χ1) is 13.2. The molecule has 0 aliphatic heterocycles. The number of hydrogen-bond acceptors (Lipinski definition) is 2. The van der Waals surface area contributed by atoms with Crippen molar-refractivity contribution in [3.8, 4) is 0 Å². The van der Waals surface area contributed by atoms with Crippen LogP contribution >= 0.6 is 34.8 Å². The highest BCUT2D eigenvalue weighted by atomic mass is 35.5. The van der Waals surface area contributed by atoms with Crippen LogP contribution in [-0.4, -0.2) is 16.1 Å². The van der Waals surface area contributed by atoms with Gasteiger partial charge in [-0.15, -0.1) is 23.2 Å². The molecular formula is C20H18Cl3FN2O2. The van der Waals surface area contributed by atoms with E-state index < -0.39 is 22.0 Å². The van der Waals surface area contributed by atoms with Gasteiger partial charge < -0.3 is 10.6 Å². The van der Waals surface area contributed by atoms with Gasteiger partial charge in [-0.25, -0.2) is 4.39 Å². The van der Waals surface area contributed by atoms with Crippen LogP contribution in [0.3, 0.4) is 0 Å². The van der Waals surface area contributed by atoms with E-state index in [2.05, 4.69) is 10.6 Å². The normalized spacial score (nSPS) is 19.8. The van der Waals surface area contributed by atoms with Crippen LogP contribution in [0.1, 0.15) is 30.4 Å². The SMILES string of the molecule is CCC(=O)NCc1cc(NC(=O)C2C(c3cccc(Cl)c3)C2(Cl)Cl)ccc1F. The molecule has 2 atom stereocenters. The van der Waals surface area contributed by atoms with Crippen LogP contribution in [0.4, 0.5) is 10.1 Å². The number of nitrogens with one attached hydrogen (secondary N) is 2. The van der Waals surface area contributed by atoms with Gasteiger partial charge in [-0.1, -0.05) is 30.7 Å². The molecular weight excluding hydrogens is 426 g/mol. The summed E-state index contributed by atoms with van der Waals surface area (Å²) in [7, 11) is 0. The Labute approximate surface area is 177 Å². The van der Waals surface area contributed by atoms with Crippen molar-refractivity contribution in [1.29, 1.82) is 0 Å². The molecule has 2 aromatic rings. The maximum absolute atomic E-state index is 14.0. The Balaban J connectivity index is 1.72. The Bertz CT molecular complexity index is 920. The molecule has 28 heavy (non-hydrogen) atoms. The van der Waals surface area contributed by atoms with E-state index in [1.807, 2.05) is 6.07 Å². The molecule has 0 radical (unpaired) electrons. The topological polar surface area (TPSA) is 58.2 Å². The third-order valence-corrected chi connectivity index (χ3v) is 5.83. The van der Waals surface area contributed by atoms with E-state index in [0.29, 0.717) is 17.1 Å². The summed E-state index contributed by atoms with van der Waals surface area (Å²) in [6.45, 7) is 1.74. The molecule has 2 unspecified atom stereocenters. The van der Waals surface area contributed by atoms with Crippen LogP contribution in [0.15, 0.2) is 42.5 Å². The zero-order valence-electron chi connectivity index (χ0n) is 14.9. The van der Waals surface area contributed by atoms with Crippen molar-refractivity contribution in [3.63, 3.8) is 0 Å². The molecule has 2 aromatic carbocycles. The number of carbonyl (C=O) groups is 2. The summed E-state index contributed by atoms with van der Waals surface area (Å²) in [4.78, 5) is 24.1. The number of carbonyl (C=O) groups excluding carboxylic acids is 2. The predicted molar refractivity (Wildman–Crippen MR) is 109 cm³/mol. The number of hydrogen-bond donors (Lipinski definition) is 2. The molecule has 2 amide bonds. The standard InChI is InChI=1S/C20H18Cl3FN2O2/c1-2-16(27)25-10-12-9-14(6-7-15(12)24)26-19(28)18-17(20(18,22)23)11-4-3-5-13(21)8-11/h3-9,17-18H,2,10H2,1H3,(H,25,27)(H,26,28). The van der Waals surface area contributed by atoms with Gasteiger partial charge in [0.15, 0.2) is 0 Å². The molecule has 0 heterocycles. The molecule has 8 heteroatoms. The van der Waals surface area contributed by atoms with Gasteiger partial charge in [0, 0.05) is 35.2 Å². The minimum absolute atomic E-state index is 0.0335. The van der Waals surface area contributed by atoms with Crippen molar-refractivity contribution in [2.45, 2.75) is 30.1 Å². The lowest BCUT2D eigenvalue weighted by Gasteiger charge is -2.10. The van der Waals surface area contributed by atoms with Crippen molar-refractivity contribution in [2.24, 2.45) is 5.92 Å². The summed E-state index contributed by atoms with van der Waals surface area (Å²) in [5.74, 6) is -2.09. The highest BCUT2D eigenvalue weighted by molar-refractivity contribution is 6.53. The molecule has 2 N–H and O–H groups in total. The molecule has 0 saturated heterocycles. The zero-order chi connectivity index (χ0) is 20.5. The maximum atomic E-state index is 14.0. The summed E-state index contributed by atoms with van der Waals surface area (Å²) < 4.78 is 12.7. The lowest BCUT2D eigenvalue weighted by Crippen LogP contribution is -2.22. The molecule has 1 saturated carbocycles. The van der Waals surface area contributed by atoms with Gasteiger partial charge in [0.2, 0.25) is 11.8 Å². The molecule has 4 nitrogen and oxygen atoms in total. The van der Waals surface area contributed by atoms with Crippen LogP contribution < -0.4 is 10.6 Å². The minimum atomic E-state index is -1.24. The average Bonchev–Trinajstić information content (AvgIpc) is 3.24. The van der Waals surface area contributed by atoms with Gasteiger partial charge >= 0.3 is 0 Å². The Morgan fingerprint density at radius 1 is 1.18 bits per heavy atom. The summed E-state index contributed by atoms with van der Waals surface area (Å²) in [6, 6.07) is 11.2. The third-order valence-electron chi connectivity index (χ3n) is 4.65. The molecule has 0 spiro atoms. The Kier molecular flexibility index (Phi) is 6.18. The average molecular weight is 444 g/mol. The first-order valence-corrected chi connectivity index (χ1v) is 9.86. The third kappa shape index (κ3) is 4.43. The Morgan fingerprint density at radius 2 is 1.93 bits per heavy atom. The monoisotopic (exact) mass is 442 g/mol. The first kappa shape index (κ1) is 20.9. The molecule has 0 aromatic heterocycles. The first-order valence-electron chi connectivity index (χ1n) is 8.73. The van der Waals surface area contributed by atoms with Crippen molar-refractivity contribution in [1.82, 2.24) is 5.32 Å². The van der Waals surface area contributed by atoms with Gasteiger partial charge in [-0.2, -0.15) is 0 Å². The second-order valence-electron chi connectivity index (χ2n) is 6.61. The van der Waals surface area contributed by atoms with Crippen LogP contribution in [0.5, 0.6) is 0 Å². The molecule has 1 fully saturated rings. The van der Waals surface area contributed by atoms with Crippen molar-refractivity contribution >= 4 is 52.3 Å². The van der Waals surface area contributed by atoms with E-state index in [-0.39, 0.29) is 23.9 Å². The fraction of sp³-hybridized carbons (Fsp3) is 0.300. The van der Waals surface area contributed by atoms with E-state index in [4.69, 9.17) is 34.8 Å². The quantitative estimate of drug-likeness (QED) is 0.615. The molecule has 3 rings (SSSR count). The van der Waals surface area contributed by atoms with Gasteiger partial charge in [0.05, 0.1) is 5.92 Å². The lowest BCUT2D eigenvalue weighted by atomic mass is 10.1. The Hall–Kier alpha value is -1.82. The van der Waals surface area contributed by atoms with Crippen molar-refractivity contribution < 1.29 is 14.0 Å². The van der Waals surface area contributed by atoms with E-state index in [9.17, 15) is 14.0 Å². The van der Waals surface area contributed by atoms with Crippen molar-refractivity contribution in [3.05, 3.63) is 64.4 Å². The largest absolute Gasteiger partial charge is 0.352 e. The van der Waals surface area contributed by atoms with Crippen LogP contribution in [0, 0.1) is 11.7 Å². The second-order valence-corrected chi connectivity index (χ2v) is 8.49. The van der Waals surface area contributed by atoms with Gasteiger partial charge in [0.25, 0.3) is 0 Å². The number of rotatable bonds is 6. The fourth-order valence-corrected chi connectivity index (χ4v) is 4.12. The second kappa shape index (κ2) is 8.27. The maximum Gasteiger partial charge on any atom is 0.231 e. The van der Waals surface area contributed by atoms with Gasteiger partial charge in [-0.05, 0) is 35.9 Å². The lowest BCUT2D eigenvalue weighted by molar-refractivity contribution is -0.121. The summed E-state index contributed by atoms with van der Waals surface area (Å²) in [6.07, 6.45) is 0.304. The fourth-order valence-electron chi connectivity index (χ4n) is 3.09. The van der Waals surface area contributed by atoms with Crippen LogP contribution in [0.25, 0.3) is 0 Å². The van der Waals surface area contributed by atoms with Gasteiger partial charge in [-0.3, -0.25) is 9.59 Å². The van der Waals surface area contributed by atoms with Crippen LogP contribution in [-0.2, 0) is 16.1 Å². The molecule has 148 valence electrons. The summed E-state index contributed by atoms with van der Waals surface area (Å²) in [5.41, 5.74) is 1.44. The summed E-state index contributed by atoms with van der Waals surface area (Å²) in [5, 5.41) is 5.86. The molecule has 1 aliphatic rings. The smallest absolute Gasteiger partial charge is 0.231 e. The summed E-state index contributed by atoms with van der Waals surface area (Å²) >= 11 is 18.7. The number of anilines is 1.